The van der Waals surface area contributed by atoms with Crippen LogP contribution in [-0.2, 0) is 0 Å². The van der Waals surface area contributed by atoms with Crippen LogP contribution in [-0.4, -0.2) is 14.8 Å². The first-order chi connectivity index (χ1) is 9.66. The van der Waals surface area contributed by atoms with Crippen LogP contribution in [0.15, 0.2) is 18.5 Å². The van der Waals surface area contributed by atoms with Crippen LogP contribution in [0, 0.1) is 0 Å². The predicted octanol–water partition coefficient (Wildman–Crippen LogP) is 4.34. The van der Waals surface area contributed by atoms with Crippen molar-refractivity contribution in [3.8, 4) is 11.4 Å². The molecule has 4 nitrogen and oxygen atoms in total. The topological polar surface area (TPSA) is 56.7 Å². The molecule has 0 amide bonds. The van der Waals surface area contributed by atoms with Gasteiger partial charge in [-0.25, -0.2) is 0 Å². The summed E-state index contributed by atoms with van der Waals surface area (Å²) < 4.78 is 2.11. The molecular weight excluding hydrogens is 295 g/mol. The molecule has 106 valence electrons. The van der Waals surface area contributed by atoms with Crippen LogP contribution in [0.1, 0.15) is 38.1 Å². The van der Waals surface area contributed by atoms with E-state index in [2.05, 4.69) is 14.8 Å². The molecule has 1 fully saturated rings. The lowest BCUT2D eigenvalue weighted by atomic mass is 9.95. The maximum absolute atomic E-state index is 6.11. The van der Waals surface area contributed by atoms with Crippen molar-refractivity contribution in [2.24, 2.45) is 0 Å². The van der Waals surface area contributed by atoms with Gasteiger partial charge in [-0.1, -0.05) is 42.5 Å². The second-order valence-corrected chi connectivity index (χ2v) is 6.05. The first kappa shape index (κ1) is 13.7. The Hall–Kier alpha value is -1.26. The molecular formula is C14H16Cl2N4. The van der Waals surface area contributed by atoms with E-state index in [0.29, 0.717) is 21.8 Å². The molecule has 0 radical (unpaired) electrons. The first-order valence-electron chi connectivity index (χ1n) is 6.81. The van der Waals surface area contributed by atoms with Gasteiger partial charge in [-0.2, -0.15) is 0 Å². The minimum absolute atomic E-state index is 0.436. The SMILES string of the molecule is Nc1c(Cl)cc(Cl)cc1-c1nncn1C1CCCCC1. The normalized spacial score (nSPS) is 16.5. The third-order valence-electron chi connectivity index (χ3n) is 3.88. The van der Waals surface area contributed by atoms with Crippen LogP contribution in [0.4, 0.5) is 5.69 Å². The minimum Gasteiger partial charge on any atom is -0.397 e. The largest absolute Gasteiger partial charge is 0.397 e. The van der Waals surface area contributed by atoms with Gasteiger partial charge in [0.05, 0.1) is 10.7 Å². The molecule has 2 aromatic rings. The molecule has 0 bridgehead atoms. The second-order valence-electron chi connectivity index (χ2n) is 5.20. The Morgan fingerprint density at radius 3 is 2.65 bits per heavy atom. The van der Waals surface area contributed by atoms with Crippen molar-refractivity contribution in [3.05, 3.63) is 28.5 Å². The number of halogens is 2. The van der Waals surface area contributed by atoms with Gasteiger partial charge < -0.3 is 10.3 Å². The highest BCUT2D eigenvalue weighted by Crippen LogP contribution is 2.37. The van der Waals surface area contributed by atoms with Gasteiger partial charge in [-0.15, -0.1) is 10.2 Å². The summed E-state index contributed by atoms with van der Waals surface area (Å²) in [7, 11) is 0. The van der Waals surface area contributed by atoms with E-state index in [1.807, 2.05) is 0 Å². The molecule has 20 heavy (non-hydrogen) atoms. The zero-order valence-electron chi connectivity index (χ0n) is 11.0. The van der Waals surface area contributed by atoms with Crippen LogP contribution < -0.4 is 5.73 Å². The molecule has 0 atom stereocenters. The van der Waals surface area contributed by atoms with Crippen molar-refractivity contribution in [1.82, 2.24) is 14.8 Å². The fourth-order valence-corrected chi connectivity index (χ4v) is 3.33. The smallest absolute Gasteiger partial charge is 0.166 e. The number of benzene rings is 1. The van der Waals surface area contributed by atoms with Crippen LogP contribution in [0.3, 0.4) is 0 Å². The fourth-order valence-electron chi connectivity index (χ4n) is 2.83. The second kappa shape index (κ2) is 5.62. The number of hydrogen-bond acceptors (Lipinski definition) is 3. The lowest BCUT2D eigenvalue weighted by Gasteiger charge is -2.24. The maximum atomic E-state index is 6.11. The predicted molar refractivity (Wildman–Crippen MR) is 82.0 cm³/mol. The van der Waals surface area contributed by atoms with E-state index in [-0.39, 0.29) is 0 Å². The third-order valence-corrected chi connectivity index (χ3v) is 4.41. The van der Waals surface area contributed by atoms with Gasteiger partial charge in [0.25, 0.3) is 0 Å². The van der Waals surface area contributed by atoms with Crippen molar-refractivity contribution >= 4 is 28.9 Å². The van der Waals surface area contributed by atoms with Gasteiger partial charge in [0, 0.05) is 16.6 Å². The molecule has 6 heteroatoms. The summed E-state index contributed by atoms with van der Waals surface area (Å²) in [6.07, 6.45) is 7.87. The quantitative estimate of drug-likeness (QED) is 0.839. The van der Waals surface area contributed by atoms with Crippen LogP contribution >= 0.6 is 23.2 Å². The molecule has 0 aliphatic heterocycles. The number of nitrogen functional groups attached to an aromatic ring is 1. The van der Waals surface area contributed by atoms with Gasteiger partial charge >= 0.3 is 0 Å². The van der Waals surface area contributed by atoms with Crippen molar-refractivity contribution in [1.29, 1.82) is 0 Å². The Labute approximate surface area is 127 Å². The van der Waals surface area contributed by atoms with Crippen molar-refractivity contribution < 1.29 is 0 Å². The van der Waals surface area contributed by atoms with Crippen LogP contribution in [0.2, 0.25) is 10.0 Å². The Balaban J connectivity index is 2.05. The lowest BCUT2D eigenvalue weighted by Crippen LogP contribution is -2.13. The molecule has 1 heterocycles. The van der Waals surface area contributed by atoms with E-state index in [1.165, 1.54) is 19.3 Å². The highest BCUT2D eigenvalue weighted by atomic mass is 35.5. The van der Waals surface area contributed by atoms with Gasteiger partial charge in [0.2, 0.25) is 0 Å². The summed E-state index contributed by atoms with van der Waals surface area (Å²) in [5.41, 5.74) is 7.33. The monoisotopic (exact) mass is 310 g/mol. The van der Waals surface area contributed by atoms with Crippen LogP contribution in [0.25, 0.3) is 11.4 Å². The maximum Gasteiger partial charge on any atom is 0.166 e. The van der Waals surface area contributed by atoms with Gasteiger partial charge in [-0.05, 0) is 25.0 Å². The van der Waals surface area contributed by atoms with E-state index in [9.17, 15) is 0 Å². The Bertz CT molecular complexity index is 618. The first-order valence-corrected chi connectivity index (χ1v) is 7.57. The highest BCUT2D eigenvalue weighted by molar-refractivity contribution is 6.37. The van der Waals surface area contributed by atoms with Gasteiger partial charge in [-0.3, -0.25) is 0 Å². The summed E-state index contributed by atoms with van der Waals surface area (Å²) in [5.74, 6) is 0.749. The molecule has 0 unspecified atom stereocenters. The molecule has 2 N–H and O–H groups in total. The fraction of sp³-hybridized carbons (Fsp3) is 0.429. The minimum atomic E-state index is 0.436. The Kier molecular flexibility index (Phi) is 3.85. The number of anilines is 1. The summed E-state index contributed by atoms with van der Waals surface area (Å²) >= 11 is 12.2. The van der Waals surface area contributed by atoms with Crippen LogP contribution in [0.5, 0.6) is 0 Å². The number of rotatable bonds is 2. The molecule has 1 saturated carbocycles. The molecule has 0 saturated heterocycles. The summed E-state index contributed by atoms with van der Waals surface area (Å²) in [6.45, 7) is 0. The average Bonchev–Trinajstić information content (AvgIpc) is 2.93. The summed E-state index contributed by atoms with van der Waals surface area (Å²) in [5, 5.41) is 9.27. The van der Waals surface area contributed by atoms with E-state index >= 15 is 0 Å². The molecule has 1 aliphatic carbocycles. The average molecular weight is 311 g/mol. The van der Waals surface area contributed by atoms with E-state index < -0.39 is 0 Å². The number of nitrogens with two attached hydrogens (primary N) is 1. The molecule has 0 spiro atoms. The lowest BCUT2D eigenvalue weighted by molar-refractivity contribution is 0.355. The van der Waals surface area contributed by atoms with E-state index in [4.69, 9.17) is 28.9 Å². The molecule has 1 aromatic heterocycles. The number of aromatic nitrogens is 3. The van der Waals surface area contributed by atoms with Crippen molar-refractivity contribution in [2.75, 3.05) is 5.73 Å². The zero-order chi connectivity index (χ0) is 14.1. The van der Waals surface area contributed by atoms with E-state index in [0.717, 1.165) is 24.2 Å². The zero-order valence-corrected chi connectivity index (χ0v) is 12.5. The Morgan fingerprint density at radius 1 is 1.15 bits per heavy atom. The van der Waals surface area contributed by atoms with Gasteiger partial charge in [0.15, 0.2) is 5.82 Å². The van der Waals surface area contributed by atoms with Crippen molar-refractivity contribution in [3.63, 3.8) is 0 Å². The van der Waals surface area contributed by atoms with E-state index in [1.54, 1.807) is 18.5 Å². The third kappa shape index (κ3) is 2.50. The molecule has 3 rings (SSSR count). The highest BCUT2D eigenvalue weighted by Gasteiger charge is 2.21. The number of nitrogens with zero attached hydrogens (tertiary/aromatic N) is 3. The van der Waals surface area contributed by atoms with Gasteiger partial charge in [0.1, 0.15) is 6.33 Å². The molecule has 1 aliphatic rings. The number of hydrogen-bond donors (Lipinski definition) is 1. The summed E-state index contributed by atoms with van der Waals surface area (Å²) in [6, 6.07) is 3.88. The Morgan fingerprint density at radius 2 is 1.90 bits per heavy atom. The summed E-state index contributed by atoms with van der Waals surface area (Å²) in [4.78, 5) is 0. The molecule has 1 aromatic carbocycles. The standard InChI is InChI=1S/C14H16Cl2N4/c15-9-6-11(13(17)12(16)7-9)14-19-18-8-20(14)10-4-2-1-3-5-10/h6-8,10H,1-5,17H2. The van der Waals surface area contributed by atoms with Crippen molar-refractivity contribution in [2.45, 2.75) is 38.1 Å².